The van der Waals surface area contributed by atoms with Gasteiger partial charge in [0.25, 0.3) is 5.91 Å². The summed E-state index contributed by atoms with van der Waals surface area (Å²) >= 11 is 0. The SMILES string of the molecule is C/C=C1\NC(=O)[C@H](Cc2ccccc2)NC(=O)[C@@H](C(C)C)NC(=O)[C@@H]([C@@H](C)CC)NC(=O)[C@H](NC(=O)[C@H](NC(=O)[C@H](CCCNCc2ccc(F)cc2)NC(=O)[C@H]2CCCN2C(=O)[C@H](NC(=O)[C@@H](NC(=O)[C@@H](NC(=O)[C@H](NC(=O)CCCC(C)C)C(C)C)[C@@H](C)O)C(C)C)C(C)C)[C@@H](C)CC)[C@@H](C)OC(=O)[C@H](C(C)C)NC1=O. The Morgan fingerprint density at radius 1 is 0.593 bits per heavy atom. The third-order valence-corrected chi connectivity index (χ3v) is 20.7. The van der Waals surface area contributed by atoms with Gasteiger partial charge in [0.05, 0.1) is 6.10 Å². The Morgan fingerprint density at radius 3 is 1.71 bits per heavy atom. The molecule has 2 aromatic rings. The van der Waals surface area contributed by atoms with E-state index in [4.69, 9.17) is 4.74 Å². The second-order valence-electron chi connectivity index (χ2n) is 32.2. The molecule has 2 saturated heterocycles. The van der Waals surface area contributed by atoms with Crippen LogP contribution >= 0.6 is 0 Å². The number of rotatable bonds is 36. The van der Waals surface area contributed by atoms with Crippen molar-refractivity contribution in [3.05, 3.63) is 83.3 Å². The molecule has 0 bridgehead atoms. The van der Waals surface area contributed by atoms with Gasteiger partial charge < -0.3 is 83.9 Å². The molecule has 630 valence electrons. The molecule has 2 fully saturated rings. The van der Waals surface area contributed by atoms with E-state index in [0.717, 1.165) is 12.0 Å². The maximum atomic E-state index is 15.3. The number of hydrogen-bond donors (Lipinski definition) is 14. The Kier molecular flexibility index (Phi) is 39.7. The lowest BCUT2D eigenvalue weighted by atomic mass is 9.95. The van der Waals surface area contributed by atoms with Gasteiger partial charge in [-0.3, -0.25) is 62.3 Å². The average molecular weight is 1590 g/mol. The van der Waals surface area contributed by atoms with Crippen molar-refractivity contribution >= 4 is 82.8 Å². The number of nitrogens with zero attached hydrogens (tertiary/aromatic N) is 1. The lowest BCUT2D eigenvalue weighted by Crippen LogP contribution is -2.64. The van der Waals surface area contributed by atoms with Crippen LogP contribution in [-0.4, -0.2) is 191 Å². The monoisotopic (exact) mass is 1580 g/mol. The topological polar surface area (TPSA) is 428 Å². The lowest BCUT2D eigenvalue weighted by molar-refractivity contribution is -0.157. The number of carbonyl (C=O) groups excluding carboxylic acids is 14. The third-order valence-electron chi connectivity index (χ3n) is 20.7. The molecule has 13 amide bonds. The van der Waals surface area contributed by atoms with E-state index in [1.54, 1.807) is 139 Å². The van der Waals surface area contributed by atoms with Crippen LogP contribution in [-0.2, 0) is 84.8 Å². The molecular formula is C82H129FN14O16. The van der Waals surface area contributed by atoms with Crippen molar-refractivity contribution in [2.45, 2.75) is 287 Å². The molecule has 2 heterocycles. The van der Waals surface area contributed by atoms with Crippen LogP contribution in [0.3, 0.4) is 0 Å². The van der Waals surface area contributed by atoms with Gasteiger partial charge in [-0.1, -0.05) is 179 Å². The molecule has 31 heteroatoms. The first-order valence-electron chi connectivity index (χ1n) is 40.1. The number of cyclic esters (lactones) is 1. The van der Waals surface area contributed by atoms with Crippen LogP contribution in [0.5, 0.6) is 0 Å². The smallest absolute Gasteiger partial charge is 0.329 e. The summed E-state index contributed by atoms with van der Waals surface area (Å²) in [5, 5.41) is 46.7. The first-order valence-corrected chi connectivity index (χ1v) is 40.1. The first-order chi connectivity index (χ1) is 53.2. The van der Waals surface area contributed by atoms with Gasteiger partial charge in [-0.25, -0.2) is 9.18 Å². The predicted octanol–water partition coefficient (Wildman–Crippen LogP) is 3.81. The molecule has 0 radical (unpaired) electrons. The number of aliphatic hydroxyl groups is 1. The normalized spacial score (nSPS) is 21.8. The highest BCUT2D eigenvalue weighted by Crippen LogP contribution is 2.24. The molecule has 16 atom stereocenters. The van der Waals surface area contributed by atoms with Crippen molar-refractivity contribution in [2.75, 3.05) is 13.1 Å². The minimum Gasteiger partial charge on any atom is -0.458 e. The molecule has 0 aliphatic carbocycles. The number of nitrogens with one attached hydrogen (secondary N) is 13. The van der Waals surface area contributed by atoms with Gasteiger partial charge in [-0.15, -0.1) is 0 Å². The zero-order valence-electron chi connectivity index (χ0n) is 69.6. The number of carbonyl (C=O) groups is 14. The fraction of sp³-hybridized carbons (Fsp3) is 0.659. The molecule has 0 spiro atoms. The van der Waals surface area contributed by atoms with Crippen molar-refractivity contribution < 1.29 is 81.4 Å². The molecule has 0 saturated carbocycles. The first kappa shape index (κ1) is 96.0. The standard InChI is InChI=1S/C82H129FN14O16/c1-20-49(16)66(78(108)96-69-52(19)113-82(112)65(48(14)15)92-70(100)56(22-3)85-72(102)58(41-53-30-24-23-25-31-53)87-74(104)62(45(8)9)89-77(107)67(50(17)21-2)94-80(69)110)93-71(101)57(32-27-39-84-42-54-35-37-55(83)38-36-54)86-73(103)59-33-28-40-97(59)81(111)64(47(12)13)91-76(106)63(46(10)11)90-79(109)68(51(18)98)95-75(105)61(44(6)7)88-60(99)34-26-29-43(4)5/h22-25,30-31,35-38,43-52,57-59,61-69,84,98H,20-21,26-29,32-34,39-42H2,1-19H3,(H,85,102)(H,86,103)(H,87,104)(H,88,99)(H,89,107)(H,90,109)(H,91,106)(H,92,100)(H,93,101)(H,94,110)(H,95,105)(H,96,108)/b56-22-/t49-,50-,51+,52+,57-,58-,59+,61+,62+,63-,64+,65-,66+,67+,68-,69+/m0/s1. The molecular weight excluding hydrogens is 1460 g/mol. The Hall–Kier alpha value is -9.39. The van der Waals surface area contributed by atoms with E-state index in [-0.39, 0.29) is 63.2 Å². The van der Waals surface area contributed by atoms with E-state index >= 15 is 14.4 Å². The van der Waals surface area contributed by atoms with Gasteiger partial charge in [0.15, 0.2) is 0 Å². The van der Waals surface area contributed by atoms with Gasteiger partial charge >= 0.3 is 5.97 Å². The largest absolute Gasteiger partial charge is 0.458 e. The summed E-state index contributed by atoms with van der Waals surface area (Å²) in [7, 11) is 0. The number of benzene rings is 2. The predicted molar refractivity (Wildman–Crippen MR) is 424 cm³/mol. The summed E-state index contributed by atoms with van der Waals surface area (Å²) in [4.78, 5) is 204. The Morgan fingerprint density at radius 2 is 1.15 bits per heavy atom. The Balaban J connectivity index is 1.71. The highest BCUT2D eigenvalue weighted by Gasteiger charge is 2.45. The molecule has 2 aliphatic heterocycles. The number of hydrogen-bond acceptors (Lipinski definition) is 17. The van der Waals surface area contributed by atoms with Crippen molar-refractivity contribution in [3.8, 4) is 0 Å². The Labute approximate surface area is 666 Å². The zero-order valence-corrected chi connectivity index (χ0v) is 69.6. The molecule has 2 aliphatic rings. The lowest BCUT2D eigenvalue weighted by Gasteiger charge is -2.34. The van der Waals surface area contributed by atoms with E-state index in [9.17, 15) is 62.2 Å². The highest BCUT2D eigenvalue weighted by molar-refractivity contribution is 6.03. The molecule has 2 aromatic carbocycles. The molecule has 0 aromatic heterocycles. The molecule has 113 heavy (non-hydrogen) atoms. The van der Waals surface area contributed by atoms with Gasteiger partial charge in [-0.2, -0.15) is 0 Å². The number of ether oxygens (including phenoxy) is 1. The third kappa shape index (κ3) is 29.8. The fourth-order valence-corrected chi connectivity index (χ4v) is 13.1. The van der Waals surface area contributed by atoms with Crippen molar-refractivity contribution in [1.29, 1.82) is 0 Å². The zero-order chi connectivity index (χ0) is 84.8. The van der Waals surface area contributed by atoms with Crippen LogP contribution in [0.2, 0.25) is 0 Å². The van der Waals surface area contributed by atoms with Crippen LogP contribution in [0.1, 0.15) is 200 Å². The van der Waals surface area contributed by atoms with Crippen molar-refractivity contribution in [1.82, 2.24) is 74.0 Å². The van der Waals surface area contributed by atoms with Gasteiger partial charge in [0, 0.05) is 25.9 Å². The second-order valence-corrected chi connectivity index (χ2v) is 32.2. The number of likely N-dealkylation sites (tertiary alicyclic amines) is 1. The van der Waals surface area contributed by atoms with E-state index < -0.39 is 209 Å². The number of halogens is 1. The van der Waals surface area contributed by atoms with Gasteiger partial charge in [0.1, 0.15) is 90.1 Å². The summed E-state index contributed by atoms with van der Waals surface area (Å²) in [5.41, 5.74) is 1.11. The van der Waals surface area contributed by atoms with E-state index in [1.807, 2.05) is 13.8 Å². The summed E-state index contributed by atoms with van der Waals surface area (Å²) in [6.45, 7) is 32.2. The van der Waals surface area contributed by atoms with Crippen LogP contribution in [0.4, 0.5) is 4.39 Å². The van der Waals surface area contributed by atoms with Crippen LogP contribution in [0, 0.1) is 53.2 Å². The Bertz CT molecular complexity index is 3580. The number of esters is 1. The number of allylic oxidation sites excluding steroid dienone is 1. The minimum atomic E-state index is -1.85. The van der Waals surface area contributed by atoms with Gasteiger partial charge in [-0.05, 0) is 130 Å². The summed E-state index contributed by atoms with van der Waals surface area (Å²) in [6.07, 6.45) is 0.875. The average Bonchev–Trinajstić information content (AvgIpc) is 1.77. The van der Waals surface area contributed by atoms with Crippen LogP contribution in [0.25, 0.3) is 0 Å². The van der Waals surface area contributed by atoms with E-state index in [1.165, 1.54) is 43.9 Å². The molecule has 4 rings (SSSR count). The molecule has 14 N–H and O–H groups in total. The van der Waals surface area contributed by atoms with Crippen LogP contribution < -0.4 is 69.1 Å². The highest BCUT2D eigenvalue weighted by atomic mass is 19.1. The number of aliphatic hydroxyl groups excluding tert-OH is 1. The maximum absolute atomic E-state index is 15.3. The minimum absolute atomic E-state index is 0.0449. The molecule has 30 nitrogen and oxygen atoms in total. The fourth-order valence-electron chi connectivity index (χ4n) is 13.1. The summed E-state index contributed by atoms with van der Waals surface area (Å²) in [5.74, 6) is -15.8. The molecule has 0 unspecified atom stereocenters. The summed E-state index contributed by atoms with van der Waals surface area (Å²) < 4.78 is 19.9. The van der Waals surface area contributed by atoms with Crippen LogP contribution in [0.15, 0.2) is 66.4 Å². The number of amides is 13. The second kappa shape index (κ2) is 46.7. The van der Waals surface area contributed by atoms with Crippen molar-refractivity contribution in [3.63, 3.8) is 0 Å². The quantitative estimate of drug-likeness (QED) is 0.0262. The van der Waals surface area contributed by atoms with Crippen molar-refractivity contribution in [2.24, 2.45) is 47.3 Å². The van der Waals surface area contributed by atoms with E-state index in [0.29, 0.717) is 37.3 Å². The van der Waals surface area contributed by atoms with Gasteiger partial charge in [0.2, 0.25) is 70.9 Å². The van der Waals surface area contributed by atoms with E-state index in [2.05, 4.69) is 69.1 Å². The maximum Gasteiger partial charge on any atom is 0.329 e. The summed E-state index contributed by atoms with van der Waals surface area (Å²) in [6, 6.07) is -2.15.